The summed E-state index contributed by atoms with van der Waals surface area (Å²) in [6, 6.07) is 0. The van der Waals surface area contributed by atoms with E-state index in [1.54, 1.807) is 0 Å². The molecule has 1 heterocycles. The molecule has 9 heavy (non-hydrogen) atoms. The van der Waals surface area contributed by atoms with Gasteiger partial charge in [-0.3, -0.25) is 4.79 Å². The fourth-order valence-corrected chi connectivity index (χ4v) is 1.60. The third kappa shape index (κ3) is 0.568. The Hall–Kier alpha value is -0.370. The summed E-state index contributed by atoms with van der Waals surface area (Å²) in [6.45, 7) is 4.17. The van der Waals surface area contributed by atoms with Crippen molar-refractivity contribution in [1.82, 2.24) is 0 Å². The topological polar surface area (TPSA) is 29.6 Å². The predicted molar refractivity (Wildman–Crippen MR) is 32.1 cm³/mol. The second kappa shape index (κ2) is 1.21. The quantitative estimate of drug-likeness (QED) is 0.448. The predicted octanol–water partition coefficient (Wildman–Crippen LogP) is 0.753. The van der Waals surface area contributed by atoms with Crippen LogP contribution in [0.1, 0.15) is 20.3 Å². The van der Waals surface area contributed by atoms with Crippen LogP contribution in [0.5, 0.6) is 0 Å². The zero-order chi connectivity index (χ0) is 6.65. The zero-order valence-corrected chi connectivity index (χ0v) is 5.68. The summed E-state index contributed by atoms with van der Waals surface area (Å²) >= 11 is 0. The van der Waals surface area contributed by atoms with E-state index in [4.69, 9.17) is 4.74 Å². The number of fused-ring (bicyclic) bond motifs is 1. The maximum absolute atomic E-state index is 10.9. The van der Waals surface area contributed by atoms with Gasteiger partial charge in [-0.2, -0.15) is 0 Å². The first-order valence-corrected chi connectivity index (χ1v) is 3.29. The summed E-state index contributed by atoms with van der Waals surface area (Å²) in [5, 5.41) is 0. The van der Waals surface area contributed by atoms with Crippen LogP contribution in [0, 0.1) is 5.41 Å². The summed E-state index contributed by atoms with van der Waals surface area (Å²) in [5.74, 6) is 0.296. The van der Waals surface area contributed by atoms with Crippen molar-refractivity contribution >= 4 is 5.78 Å². The van der Waals surface area contributed by atoms with E-state index in [-0.39, 0.29) is 17.6 Å². The lowest BCUT2D eigenvalue weighted by molar-refractivity contribution is -0.121. The fourth-order valence-electron chi connectivity index (χ4n) is 1.60. The molecule has 1 aliphatic carbocycles. The van der Waals surface area contributed by atoms with Crippen molar-refractivity contribution < 1.29 is 9.53 Å². The summed E-state index contributed by atoms with van der Waals surface area (Å²) in [5.41, 5.74) is 0.127. The molecule has 2 fully saturated rings. The van der Waals surface area contributed by atoms with Crippen molar-refractivity contribution in [2.24, 2.45) is 5.41 Å². The Morgan fingerprint density at radius 1 is 1.67 bits per heavy atom. The largest absolute Gasteiger partial charge is 0.361 e. The highest BCUT2D eigenvalue weighted by Crippen LogP contribution is 2.48. The molecule has 2 heteroatoms. The number of carbonyl (C=O) groups excluding carboxylic acids is 1. The molecule has 0 bridgehead atoms. The fraction of sp³-hybridized carbons (Fsp3) is 0.857. The van der Waals surface area contributed by atoms with Gasteiger partial charge < -0.3 is 4.74 Å². The first-order chi connectivity index (χ1) is 4.11. The lowest BCUT2D eigenvalue weighted by atomic mass is 9.91. The first kappa shape index (κ1) is 5.42. The minimum absolute atomic E-state index is 0.0139. The molecule has 2 atom stereocenters. The van der Waals surface area contributed by atoms with Gasteiger partial charge in [-0.15, -0.1) is 0 Å². The van der Waals surface area contributed by atoms with Gasteiger partial charge in [-0.05, 0) is 0 Å². The summed E-state index contributed by atoms with van der Waals surface area (Å²) in [6.07, 6.45) is 0.951. The zero-order valence-electron chi connectivity index (χ0n) is 5.68. The molecule has 1 saturated carbocycles. The van der Waals surface area contributed by atoms with Crippen molar-refractivity contribution in [1.29, 1.82) is 0 Å². The molecule has 0 aromatic carbocycles. The van der Waals surface area contributed by atoms with Crippen molar-refractivity contribution in [3.05, 3.63) is 0 Å². The lowest BCUT2D eigenvalue weighted by Crippen LogP contribution is -2.15. The van der Waals surface area contributed by atoms with Crippen LogP contribution in [0.4, 0.5) is 0 Å². The summed E-state index contributed by atoms with van der Waals surface area (Å²) in [4.78, 5) is 10.9. The van der Waals surface area contributed by atoms with Gasteiger partial charge in [-0.25, -0.2) is 0 Å². The van der Waals surface area contributed by atoms with Gasteiger partial charge in [0.05, 0.1) is 6.10 Å². The van der Waals surface area contributed by atoms with Crippen LogP contribution < -0.4 is 0 Å². The van der Waals surface area contributed by atoms with Crippen LogP contribution in [0.2, 0.25) is 0 Å². The van der Waals surface area contributed by atoms with Gasteiger partial charge in [0.1, 0.15) is 6.10 Å². The molecule has 0 radical (unpaired) electrons. The lowest BCUT2D eigenvalue weighted by Gasteiger charge is -2.15. The van der Waals surface area contributed by atoms with E-state index in [1.165, 1.54) is 0 Å². The normalized spacial score (nSPS) is 44.9. The number of rotatable bonds is 0. The van der Waals surface area contributed by atoms with Gasteiger partial charge in [0.2, 0.25) is 0 Å². The second-order valence-electron chi connectivity index (χ2n) is 3.61. The Morgan fingerprint density at radius 3 is 2.44 bits per heavy atom. The SMILES string of the molecule is CC1(C)CC(=O)[C@H]2O[C@H]21. The highest BCUT2D eigenvalue weighted by Gasteiger charge is 2.60. The van der Waals surface area contributed by atoms with Crippen LogP contribution in [-0.4, -0.2) is 18.0 Å². The number of hydrogen-bond donors (Lipinski definition) is 0. The van der Waals surface area contributed by atoms with Crippen molar-refractivity contribution in [2.75, 3.05) is 0 Å². The molecule has 0 aromatic heterocycles. The van der Waals surface area contributed by atoms with E-state index in [1.807, 2.05) is 0 Å². The maximum Gasteiger partial charge on any atom is 0.164 e. The standard InChI is InChI=1S/C7H10O2/c1-7(2)3-4(8)5-6(7)9-5/h5-6H,3H2,1-2H3/t5-,6-/m1/s1. The summed E-state index contributed by atoms with van der Waals surface area (Å²) < 4.78 is 5.13. The molecule has 2 aliphatic rings. The van der Waals surface area contributed by atoms with Crippen LogP contribution in [-0.2, 0) is 9.53 Å². The van der Waals surface area contributed by atoms with Gasteiger partial charge in [0, 0.05) is 11.8 Å². The summed E-state index contributed by atoms with van der Waals surface area (Å²) in [7, 11) is 0. The van der Waals surface area contributed by atoms with Crippen LogP contribution >= 0.6 is 0 Å². The van der Waals surface area contributed by atoms with E-state index in [0.717, 1.165) is 0 Å². The molecule has 0 unspecified atom stereocenters. The van der Waals surface area contributed by atoms with Gasteiger partial charge in [-0.1, -0.05) is 13.8 Å². The Balaban J connectivity index is 2.26. The second-order valence-corrected chi connectivity index (χ2v) is 3.61. The third-order valence-corrected chi connectivity index (χ3v) is 2.21. The molecule has 0 aromatic rings. The van der Waals surface area contributed by atoms with Crippen molar-refractivity contribution in [3.63, 3.8) is 0 Å². The van der Waals surface area contributed by atoms with Gasteiger partial charge in [0.15, 0.2) is 5.78 Å². The molecular formula is C7H10O2. The van der Waals surface area contributed by atoms with Gasteiger partial charge in [0.25, 0.3) is 0 Å². The van der Waals surface area contributed by atoms with E-state index < -0.39 is 0 Å². The van der Waals surface area contributed by atoms with E-state index in [9.17, 15) is 4.79 Å². The molecule has 1 aliphatic heterocycles. The van der Waals surface area contributed by atoms with E-state index in [0.29, 0.717) is 12.2 Å². The molecule has 2 rings (SSSR count). The molecule has 0 N–H and O–H groups in total. The number of Topliss-reactive ketones (excluding diaryl/α,β-unsaturated/α-hetero) is 1. The molecule has 0 spiro atoms. The third-order valence-electron chi connectivity index (χ3n) is 2.21. The van der Waals surface area contributed by atoms with Crippen molar-refractivity contribution in [3.8, 4) is 0 Å². The van der Waals surface area contributed by atoms with Gasteiger partial charge >= 0.3 is 0 Å². The smallest absolute Gasteiger partial charge is 0.164 e. The average Bonchev–Trinajstić information content (AvgIpc) is 2.33. The number of ketones is 1. The van der Waals surface area contributed by atoms with Crippen LogP contribution in [0.3, 0.4) is 0 Å². The highest BCUT2D eigenvalue weighted by atomic mass is 16.6. The Kier molecular flexibility index (Phi) is 0.730. The average molecular weight is 126 g/mol. The minimum atomic E-state index is -0.0139. The molecular weight excluding hydrogens is 116 g/mol. The molecule has 2 nitrogen and oxygen atoms in total. The van der Waals surface area contributed by atoms with Crippen LogP contribution in [0.15, 0.2) is 0 Å². The Morgan fingerprint density at radius 2 is 2.33 bits per heavy atom. The van der Waals surface area contributed by atoms with Crippen LogP contribution in [0.25, 0.3) is 0 Å². The minimum Gasteiger partial charge on any atom is -0.361 e. The Bertz CT molecular complexity index is 172. The van der Waals surface area contributed by atoms with E-state index >= 15 is 0 Å². The van der Waals surface area contributed by atoms with E-state index in [2.05, 4.69) is 13.8 Å². The molecule has 0 amide bonds. The molecule has 1 saturated heterocycles. The molecule has 50 valence electrons. The maximum atomic E-state index is 10.9. The van der Waals surface area contributed by atoms with Crippen molar-refractivity contribution in [2.45, 2.75) is 32.5 Å². The highest BCUT2D eigenvalue weighted by molar-refractivity contribution is 5.89. The number of carbonyl (C=O) groups is 1. The Labute approximate surface area is 54.2 Å². The number of ether oxygens (including phenoxy) is 1. The first-order valence-electron chi connectivity index (χ1n) is 3.29. The monoisotopic (exact) mass is 126 g/mol. The number of epoxide rings is 1. The number of hydrogen-bond acceptors (Lipinski definition) is 2.